The maximum atomic E-state index is 14.1. The highest BCUT2D eigenvalue weighted by Crippen LogP contribution is 2.39. The van der Waals surface area contributed by atoms with Gasteiger partial charge in [0.2, 0.25) is 0 Å². The van der Waals surface area contributed by atoms with Crippen molar-refractivity contribution in [2.75, 3.05) is 19.6 Å². The lowest BCUT2D eigenvalue weighted by Crippen LogP contribution is -2.42. The van der Waals surface area contributed by atoms with Crippen molar-refractivity contribution in [2.45, 2.75) is 56.8 Å². The first-order valence-electron chi connectivity index (χ1n) is 40.4. The zero-order valence-electron chi connectivity index (χ0n) is 70.4. The van der Waals surface area contributed by atoms with Crippen molar-refractivity contribution in [3.8, 4) is 0 Å². The Morgan fingerprint density at radius 2 is 0.558 bits per heavy atom. The number of carboxylic acid groups (broad SMARTS) is 4. The average molecular weight is 2030 g/mol. The number of hydrogen-bond donors (Lipinski definition) is 8. The van der Waals surface area contributed by atoms with Gasteiger partial charge >= 0.3 is 23.9 Å². The molecule has 8 N–H and O–H groups in total. The summed E-state index contributed by atoms with van der Waals surface area (Å²) in [5, 5.41) is 60.0. The van der Waals surface area contributed by atoms with Gasteiger partial charge in [0.25, 0.3) is 76.6 Å². The molecule has 16 rings (SSSR count). The molecule has 0 unspecified atom stereocenters. The molecule has 698 valence electrons. The van der Waals surface area contributed by atoms with E-state index in [0.717, 1.165) is 43.9 Å². The van der Waals surface area contributed by atoms with E-state index in [-0.39, 0.29) is 139 Å². The van der Waals surface area contributed by atoms with Crippen LogP contribution < -0.4 is 40.9 Å². The second-order valence-corrected chi connectivity index (χ2v) is 33.7. The number of aliphatic carboxylic acids is 4. The van der Waals surface area contributed by atoms with Crippen molar-refractivity contribution >= 4 is 216 Å². The predicted octanol–water partition coefficient (Wildman–Crippen LogP) is 17.4. The summed E-state index contributed by atoms with van der Waals surface area (Å²) in [5.41, 5.74) is 3.27. The molecule has 0 aromatic heterocycles. The van der Waals surface area contributed by atoms with Gasteiger partial charge in [-0.15, -0.1) is 0 Å². The van der Waals surface area contributed by atoms with Gasteiger partial charge in [-0.05, 0) is 174 Å². The van der Waals surface area contributed by atoms with E-state index in [4.69, 9.17) is 92.8 Å². The minimum absolute atomic E-state index is 0.00616. The number of nitro groups is 1. The molecule has 4 aliphatic rings. The third-order valence-electron chi connectivity index (χ3n) is 21.6. The molecule has 0 saturated heterocycles. The van der Waals surface area contributed by atoms with Crippen LogP contribution in [0.25, 0.3) is 0 Å². The van der Waals surface area contributed by atoms with Crippen LogP contribution in [0, 0.1) is 28.7 Å². The quantitative estimate of drug-likeness (QED) is 0.0150. The van der Waals surface area contributed by atoms with Crippen molar-refractivity contribution in [3.05, 3.63) is 399 Å². The highest BCUT2D eigenvalue weighted by atomic mass is 35.5. The SMILES string of the molecule is Cc1cccc2c1C(=O)N(c1ccc(C[C@H](NC(=O)c3c(Cl)cccc3Cl)C(=O)O)cc1)C2=O.O=C(N[C@@H](Cc1ccc(N2C(=O)c3ccc(F)cc3C2=O)cc1)C(=O)O)c1c(Cl)cccc1Cl.O=C(N[C@@H](Cc1ccc(N2C(=O)c3cccc(F)c3C2=O)cc1)C(=O)O)c1c(Cl)cccc1Cl.O=C(N[C@@H](Cc1ccc(N2C(=O)c3cccc([N+](=O)[O-])c3C2=O)cc1)C(=O)O)c1c(Cl)cccc1Cl. The minimum Gasteiger partial charge on any atom is -0.480 e. The van der Waals surface area contributed by atoms with Gasteiger partial charge in [0.1, 0.15) is 41.4 Å². The highest BCUT2D eigenvalue weighted by molar-refractivity contribution is 6.43. The Kier molecular flexibility index (Phi) is 30.9. The summed E-state index contributed by atoms with van der Waals surface area (Å²) in [6.45, 7) is 1.77. The largest absolute Gasteiger partial charge is 0.480 e. The number of benzene rings is 12. The molecule has 138 heavy (non-hydrogen) atoms. The molecule has 31 nitrogen and oxygen atoms in total. The number of aryl methyl sites for hydroxylation is 1. The predicted molar refractivity (Wildman–Crippen MR) is 504 cm³/mol. The van der Waals surface area contributed by atoms with Gasteiger partial charge in [0.05, 0.1) is 129 Å². The Balaban J connectivity index is 0.000000155. The van der Waals surface area contributed by atoms with E-state index in [2.05, 4.69) is 21.3 Å². The number of amides is 12. The number of nitrogens with zero attached hydrogens (tertiary/aromatic N) is 5. The summed E-state index contributed by atoms with van der Waals surface area (Å²) in [6, 6.07) is 52.9. The van der Waals surface area contributed by atoms with Crippen LogP contribution in [-0.4, -0.2) is 144 Å². The summed E-state index contributed by atoms with van der Waals surface area (Å²) in [6.07, 6.45) is -0.349. The number of nitro benzene ring substituents is 1. The van der Waals surface area contributed by atoms with E-state index in [1.54, 1.807) is 73.7 Å². The molecule has 12 amide bonds. The standard InChI is InChI=1S/C25H18Cl2N2O5.2C24H15Cl2FN2O5.C24H15Cl2N3O7/c1-13-4-2-5-16-20(13)24(32)29(23(16)31)15-10-8-14(9-11-15)12-19(25(33)34)28-22(30)21-17(26)6-3-7-18(21)27;25-15-4-2-5-16(26)20(15)21(30)28-18(24(33)34)11-12-7-9-13(10-8-12)29-22(31)14-3-1-6-17(27)19(14)23(29)32;25-17-2-1-3-18(26)20(17)21(30)28-19(24(33)34)10-12-4-7-14(8-5-12)29-22(31)15-9-6-13(27)11-16(15)23(29)32;25-15-4-2-5-16(26)20(15)21(30)27-17(24(33)34)11-12-7-9-13(10-8-12)28-22(31)14-3-1-6-18(29(35)36)19(14)23(28)32/h2-11,19H,12H2,1H3,(H,28,30)(H,33,34);1-10,18H,11H2,(H,28,30)(H,33,34);1-9,11,19H,10H2,(H,28,30)(H,33,34);1-10,17H,11H2,(H,27,30)(H,33,34)/t19-;18-;19-;17-/m0000/s1. The summed E-state index contributed by atoms with van der Waals surface area (Å²) in [4.78, 5) is 213. The fourth-order valence-corrected chi connectivity index (χ4v) is 17.2. The van der Waals surface area contributed by atoms with Gasteiger partial charge in [0.15, 0.2) is 0 Å². The Morgan fingerprint density at radius 3 is 0.848 bits per heavy atom. The monoisotopic (exact) mass is 2020 g/mol. The van der Waals surface area contributed by atoms with Crippen molar-refractivity contribution in [3.63, 3.8) is 0 Å². The Labute approximate surface area is 818 Å². The van der Waals surface area contributed by atoms with E-state index in [1.807, 2.05) is 0 Å². The first-order chi connectivity index (χ1) is 65.6. The van der Waals surface area contributed by atoms with E-state index >= 15 is 0 Å². The zero-order chi connectivity index (χ0) is 99.9. The number of fused-ring (bicyclic) bond motifs is 4. The molecular weight excluding hydrogens is 1960 g/mol. The number of halogens is 10. The zero-order valence-corrected chi connectivity index (χ0v) is 76.4. The van der Waals surface area contributed by atoms with Crippen LogP contribution in [0.1, 0.15) is 152 Å². The van der Waals surface area contributed by atoms with Crippen LogP contribution in [-0.2, 0) is 44.9 Å². The smallest absolute Gasteiger partial charge is 0.326 e. The minimum atomic E-state index is -1.34. The highest BCUT2D eigenvalue weighted by Gasteiger charge is 2.44. The molecule has 0 saturated carbocycles. The number of hydrogen-bond acceptors (Lipinski definition) is 18. The summed E-state index contributed by atoms with van der Waals surface area (Å²) >= 11 is 48.2. The number of rotatable bonds is 25. The van der Waals surface area contributed by atoms with Crippen LogP contribution >= 0.6 is 92.8 Å². The van der Waals surface area contributed by atoms with Gasteiger partial charge in [-0.1, -0.05) is 190 Å². The number of nitrogens with one attached hydrogen (secondary N) is 4. The van der Waals surface area contributed by atoms with Crippen LogP contribution in [0.5, 0.6) is 0 Å². The third-order valence-corrected chi connectivity index (χ3v) is 24.2. The second kappa shape index (κ2) is 42.6. The summed E-state index contributed by atoms with van der Waals surface area (Å²) in [7, 11) is 0. The molecule has 4 aliphatic heterocycles. The Morgan fingerprint density at radius 1 is 0.312 bits per heavy atom. The molecule has 41 heteroatoms. The lowest BCUT2D eigenvalue weighted by atomic mass is 10.0. The number of carbonyl (C=O) groups excluding carboxylic acids is 12. The third kappa shape index (κ3) is 21.4. The number of anilines is 4. The Hall–Kier alpha value is -15.5. The maximum absolute atomic E-state index is 14.1. The Bertz CT molecular complexity index is 6850. The van der Waals surface area contributed by atoms with Crippen LogP contribution in [0.2, 0.25) is 40.2 Å². The number of carboxylic acids is 4. The first-order valence-corrected chi connectivity index (χ1v) is 43.4. The van der Waals surface area contributed by atoms with Crippen molar-refractivity contribution in [1.29, 1.82) is 0 Å². The van der Waals surface area contributed by atoms with E-state index in [9.17, 15) is 116 Å². The fourth-order valence-electron chi connectivity index (χ4n) is 14.9. The topological polar surface area (TPSA) is 458 Å². The molecule has 4 atom stereocenters. The second-order valence-electron chi connectivity index (χ2n) is 30.4. The average Bonchev–Trinajstić information content (AvgIpc) is 1.62. The van der Waals surface area contributed by atoms with E-state index in [1.165, 1.54) is 152 Å². The molecular formula is C97H63Cl8F2N9O22. The molecule has 0 radical (unpaired) electrons. The van der Waals surface area contributed by atoms with Crippen molar-refractivity contribution in [1.82, 2.24) is 21.3 Å². The summed E-state index contributed by atoms with van der Waals surface area (Å²) in [5.74, 6) is -14.5. The number of imide groups is 4. The van der Waals surface area contributed by atoms with E-state index in [0.29, 0.717) is 44.6 Å². The molecule has 4 heterocycles. The lowest BCUT2D eigenvalue weighted by molar-refractivity contribution is -0.385. The van der Waals surface area contributed by atoms with Gasteiger partial charge in [0, 0.05) is 31.7 Å². The molecule has 0 spiro atoms. The van der Waals surface area contributed by atoms with Crippen molar-refractivity contribution in [2.24, 2.45) is 0 Å². The van der Waals surface area contributed by atoms with Crippen LogP contribution in [0.15, 0.2) is 243 Å². The van der Waals surface area contributed by atoms with Crippen LogP contribution in [0.3, 0.4) is 0 Å². The normalized spacial score (nSPS) is 13.5. The first kappa shape index (κ1) is 100. The van der Waals surface area contributed by atoms with Gasteiger partial charge in [-0.25, -0.2) is 47.6 Å². The van der Waals surface area contributed by atoms with Crippen molar-refractivity contribution < 1.29 is 111 Å². The number of carbonyl (C=O) groups is 16. The van der Waals surface area contributed by atoms with E-state index < -0.39 is 141 Å². The van der Waals surface area contributed by atoms with Gasteiger partial charge in [-0.2, -0.15) is 0 Å². The molecule has 0 bridgehead atoms. The molecule has 12 aromatic rings. The molecule has 12 aromatic carbocycles. The lowest BCUT2D eigenvalue weighted by Gasteiger charge is -2.17. The van der Waals surface area contributed by atoms with Gasteiger partial charge < -0.3 is 41.7 Å². The molecule has 0 aliphatic carbocycles. The fraction of sp³-hybridized carbons (Fsp3) is 0.0928. The van der Waals surface area contributed by atoms with Crippen LogP contribution in [0.4, 0.5) is 37.2 Å². The maximum Gasteiger partial charge on any atom is 0.326 e. The van der Waals surface area contributed by atoms with Gasteiger partial charge in [-0.3, -0.25) is 67.6 Å². The molecule has 0 fully saturated rings. The summed E-state index contributed by atoms with van der Waals surface area (Å²) < 4.78 is 27.6.